The van der Waals surface area contributed by atoms with Gasteiger partial charge in [-0.1, -0.05) is 30.3 Å². The molecule has 0 fully saturated rings. The van der Waals surface area contributed by atoms with Crippen molar-refractivity contribution < 1.29 is 14.0 Å². The molecule has 0 bridgehead atoms. The maximum atomic E-state index is 11.9. The van der Waals surface area contributed by atoms with E-state index in [1.54, 1.807) is 6.07 Å². The summed E-state index contributed by atoms with van der Waals surface area (Å²) < 4.78 is 5.44. The van der Waals surface area contributed by atoms with Crippen LogP contribution in [0.3, 0.4) is 0 Å². The first-order valence-corrected chi connectivity index (χ1v) is 6.76. The smallest absolute Gasteiger partial charge is 0.267 e. The summed E-state index contributed by atoms with van der Waals surface area (Å²) in [6.07, 6.45) is 3.38. The molecule has 3 rings (SSSR count). The Kier molecular flexibility index (Phi) is 3.91. The number of rotatable bonds is 6. The number of nitrogens with zero attached hydrogens (tertiary/aromatic N) is 2. The Morgan fingerprint density at radius 1 is 1.14 bits per heavy atom. The van der Waals surface area contributed by atoms with E-state index in [2.05, 4.69) is 15.2 Å². The van der Waals surface area contributed by atoms with Crippen LogP contribution >= 0.6 is 0 Å². The average molecular weight is 295 g/mol. The lowest BCUT2D eigenvalue weighted by Gasteiger charge is -1.96. The van der Waals surface area contributed by atoms with Gasteiger partial charge in [0.15, 0.2) is 0 Å². The third kappa shape index (κ3) is 3.17. The summed E-state index contributed by atoms with van der Waals surface area (Å²) >= 11 is 0. The molecule has 2 heterocycles. The summed E-state index contributed by atoms with van der Waals surface area (Å²) in [5, 5.41) is 6.02. The van der Waals surface area contributed by atoms with E-state index in [1.807, 2.05) is 30.3 Å². The highest BCUT2D eigenvalue weighted by molar-refractivity contribution is 6.43. The number of H-pyrrole nitrogens is 1. The maximum absolute atomic E-state index is 11.9. The minimum absolute atomic E-state index is 0.0222. The summed E-state index contributed by atoms with van der Waals surface area (Å²) in [7, 11) is 0. The van der Waals surface area contributed by atoms with Gasteiger partial charge in [-0.2, -0.15) is 0 Å². The highest BCUT2D eigenvalue weighted by Gasteiger charge is 2.20. The van der Waals surface area contributed by atoms with Gasteiger partial charge in [0, 0.05) is 12.8 Å². The molecule has 0 unspecified atom stereocenters. The number of carbonyl (C=O) groups excluding carboxylic acids is 2. The molecule has 22 heavy (non-hydrogen) atoms. The van der Waals surface area contributed by atoms with Crippen LogP contribution in [0.2, 0.25) is 0 Å². The minimum Gasteiger partial charge on any atom is -0.469 e. The Hall–Kier alpha value is -3.02. The second-order valence-corrected chi connectivity index (χ2v) is 4.84. The molecular formula is C16H13N3O3. The number of benzene rings is 1. The zero-order valence-corrected chi connectivity index (χ0v) is 11.7. The van der Waals surface area contributed by atoms with Crippen LogP contribution in [0.1, 0.15) is 27.5 Å². The average Bonchev–Trinajstić information content (AvgIpc) is 3.19. The Labute approximate surface area is 126 Å². The molecule has 0 radical (unpaired) electrons. The molecule has 0 amide bonds. The van der Waals surface area contributed by atoms with E-state index >= 15 is 0 Å². The third-order valence-corrected chi connectivity index (χ3v) is 3.17. The molecule has 6 heteroatoms. The molecule has 0 saturated heterocycles. The molecular weight excluding hydrogens is 282 g/mol. The van der Waals surface area contributed by atoms with Crippen LogP contribution in [0.15, 0.2) is 53.4 Å². The first-order chi connectivity index (χ1) is 10.7. The highest BCUT2D eigenvalue weighted by atomic mass is 16.3. The lowest BCUT2D eigenvalue weighted by atomic mass is 10.1. The van der Waals surface area contributed by atoms with E-state index < -0.39 is 11.6 Å². The van der Waals surface area contributed by atoms with Crippen molar-refractivity contribution in [1.82, 2.24) is 15.2 Å². The van der Waals surface area contributed by atoms with E-state index in [1.165, 1.54) is 12.6 Å². The van der Waals surface area contributed by atoms with Crippen LogP contribution in [0.4, 0.5) is 0 Å². The van der Waals surface area contributed by atoms with Gasteiger partial charge in [-0.15, -0.1) is 5.10 Å². The van der Waals surface area contributed by atoms with Crippen molar-refractivity contribution in [2.24, 2.45) is 0 Å². The van der Waals surface area contributed by atoms with Crippen molar-refractivity contribution in [2.45, 2.75) is 12.8 Å². The normalized spacial score (nSPS) is 10.5. The Bertz CT molecular complexity index is 776. The summed E-state index contributed by atoms with van der Waals surface area (Å²) in [6.45, 7) is 0. The zero-order valence-electron chi connectivity index (χ0n) is 11.7. The van der Waals surface area contributed by atoms with E-state index in [0.29, 0.717) is 12.0 Å². The van der Waals surface area contributed by atoms with Crippen LogP contribution in [0.5, 0.6) is 0 Å². The van der Waals surface area contributed by atoms with Crippen molar-refractivity contribution in [1.29, 1.82) is 0 Å². The molecule has 0 aliphatic heterocycles. The maximum Gasteiger partial charge on any atom is 0.267 e. The fourth-order valence-corrected chi connectivity index (χ4v) is 2.12. The van der Waals surface area contributed by atoms with Gasteiger partial charge < -0.3 is 4.42 Å². The molecule has 3 aromatic rings. The van der Waals surface area contributed by atoms with Crippen molar-refractivity contribution in [2.75, 3.05) is 0 Å². The van der Waals surface area contributed by atoms with E-state index in [4.69, 9.17) is 4.42 Å². The van der Waals surface area contributed by atoms with Crippen LogP contribution in [-0.2, 0) is 17.6 Å². The summed E-state index contributed by atoms with van der Waals surface area (Å²) in [4.78, 5) is 27.4. The van der Waals surface area contributed by atoms with Crippen LogP contribution in [0.25, 0.3) is 0 Å². The van der Waals surface area contributed by atoms with Gasteiger partial charge in [-0.25, -0.2) is 4.98 Å². The van der Waals surface area contributed by atoms with Gasteiger partial charge in [0.25, 0.3) is 5.78 Å². The van der Waals surface area contributed by atoms with Crippen LogP contribution in [0, 0.1) is 0 Å². The summed E-state index contributed by atoms with van der Waals surface area (Å²) in [5.74, 6) is -0.629. The topological polar surface area (TPSA) is 88.9 Å². The first-order valence-electron chi connectivity index (χ1n) is 6.76. The lowest BCUT2D eigenvalue weighted by Crippen LogP contribution is -2.17. The molecule has 0 aliphatic rings. The molecule has 6 nitrogen and oxygen atoms in total. The molecule has 0 aliphatic carbocycles. The van der Waals surface area contributed by atoms with Crippen molar-refractivity contribution in [3.63, 3.8) is 0 Å². The van der Waals surface area contributed by atoms with Gasteiger partial charge in [-0.05, 0) is 17.2 Å². The molecule has 0 atom stereocenters. The van der Waals surface area contributed by atoms with E-state index in [-0.39, 0.29) is 12.2 Å². The monoisotopic (exact) mass is 295 g/mol. The number of ketones is 2. The number of hydrogen-bond acceptors (Lipinski definition) is 5. The standard InChI is InChI=1S/C16H13N3O3/c20-14(15(21)16-17-10-18-19-16)8-12-7-13(22-9-12)6-11-4-2-1-3-5-11/h1-5,7,9-10H,6,8H2,(H,17,18,19). The molecule has 2 aromatic heterocycles. The molecule has 1 N–H and O–H groups in total. The fraction of sp³-hybridized carbons (Fsp3) is 0.125. The second-order valence-electron chi connectivity index (χ2n) is 4.84. The van der Waals surface area contributed by atoms with Gasteiger partial charge in [0.2, 0.25) is 11.6 Å². The zero-order chi connectivity index (χ0) is 15.4. The number of hydrogen-bond donors (Lipinski definition) is 1. The molecule has 1 aromatic carbocycles. The van der Waals surface area contributed by atoms with Gasteiger partial charge in [0.1, 0.15) is 12.1 Å². The van der Waals surface area contributed by atoms with Crippen molar-refractivity contribution in [3.05, 3.63) is 71.7 Å². The Balaban J connectivity index is 1.64. The van der Waals surface area contributed by atoms with Crippen LogP contribution < -0.4 is 0 Å². The fourth-order valence-electron chi connectivity index (χ4n) is 2.12. The number of aromatic amines is 1. The van der Waals surface area contributed by atoms with Gasteiger partial charge >= 0.3 is 0 Å². The van der Waals surface area contributed by atoms with Crippen molar-refractivity contribution in [3.8, 4) is 0 Å². The quantitative estimate of drug-likeness (QED) is 0.555. The summed E-state index contributed by atoms with van der Waals surface area (Å²) in [6, 6.07) is 11.7. The largest absolute Gasteiger partial charge is 0.469 e. The molecule has 110 valence electrons. The third-order valence-electron chi connectivity index (χ3n) is 3.17. The lowest BCUT2D eigenvalue weighted by molar-refractivity contribution is -0.114. The van der Waals surface area contributed by atoms with Gasteiger partial charge in [0.05, 0.1) is 6.26 Å². The number of Topliss-reactive ketones (excluding diaryl/α,β-unsaturated/α-hetero) is 2. The molecule has 0 saturated carbocycles. The minimum atomic E-state index is -0.702. The van der Waals surface area contributed by atoms with Gasteiger partial charge in [-0.3, -0.25) is 14.7 Å². The highest BCUT2D eigenvalue weighted by Crippen LogP contribution is 2.14. The summed E-state index contributed by atoms with van der Waals surface area (Å²) in [5.41, 5.74) is 1.78. The predicted molar refractivity (Wildman–Crippen MR) is 77.4 cm³/mol. The van der Waals surface area contributed by atoms with E-state index in [9.17, 15) is 9.59 Å². The molecule has 0 spiro atoms. The number of furan rings is 1. The van der Waals surface area contributed by atoms with Crippen molar-refractivity contribution >= 4 is 11.6 Å². The number of nitrogens with one attached hydrogen (secondary N) is 1. The Morgan fingerprint density at radius 2 is 1.95 bits per heavy atom. The second kappa shape index (κ2) is 6.17. The van der Waals surface area contributed by atoms with E-state index in [0.717, 1.165) is 11.3 Å². The predicted octanol–water partition coefficient (Wildman–Crippen LogP) is 1.98. The van der Waals surface area contributed by atoms with Crippen LogP contribution in [-0.4, -0.2) is 26.7 Å². The SMILES string of the molecule is O=C(Cc1coc(Cc2ccccc2)c1)C(=O)c1nc[nH]n1. The Morgan fingerprint density at radius 3 is 2.68 bits per heavy atom. The number of carbonyl (C=O) groups is 2. The first kappa shape index (κ1) is 13.9. The number of aromatic nitrogens is 3.